The first kappa shape index (κ1) is 12.7. The van der Waals surface area contributed by atoms with Crippen LogP contribution in [0.4, 0.5) is 0 Å². The highest BCUT2D eigenvalue weighted by Crippen LogP contribution is 2.44. The van der Waals surface area contributed by atoms with Crippen LogP contribution in [0.25, 0.3) is 0 Å². The van der Waals surface area contributed by atoms with Crippen LogP contribution in [-0.4, -0.2) is 19.1 Å². The number of hydrogen-bond donors (Lipinski definition) is 1. The lowest BCUT2D eigenvalue weighted by molar-refractivity contribution is 0.0599. The fourth-order valence-corrected chi connectivity index (χ4v) is 3.72. The highest BCUT2D eigenvalue weighted by Gasteiger charge is 2.39. The maximum absolute atomic E-state index is 11.7. The number of fused-ring (bicyclic) bond motifs is 2. The van der Waals surface area contributed by atoms with Crippen LogP contribution < -0.4 is 5.32 Å². The zero-order valence-corrected chi connectivity index (χ0v) is 11.4. The molecule has 3 heteroatoms. The fraction of sp³-hybridized carbons (Fsp3) is 0.562. The van der Waals surface area contributed by atoms with Gasteiger partial charge in [0.05, 0.1) is 12.7 Å². The quantitative estimate of drug-likeness (QED) is 0.845. The minimum Gasteiger partial charge on any atom is -0.465 e. The van der Waals surface area contributed by atoms with Crippen molar-refractivity contribution in [2.24, 2.45) is 11.8 Å². The van der Waals surface area contributed by atoms with Gasteiger partial charge >= 0.3 is 5.97 Å². The van der Waals surface area contributed by atoms with Crippen molar-refractivity contribution in [2.75, 3.05) is 7.11 Å². The van der Waals surface area contributed by atoms with Crippen molar-refractivity contribution < 1.29 is 9.53 Å². The summed E-state index contributed by atoms with van der Waals surface area (Å²) in [4.78, 5) is 11.7. The normalized spacial score (nSPS) is 28.6. The molecule has 3 unspecified atom stereocenters. The zero-order chi connectivity index (χ0) is 13.2. The van der Waals surface area contributed by atoms with Gasteiger partial charge in [0.1, 0.15) is 0 Å². The van der Waals surface area contributed by atoms with Crippen molar-refractivity contribution in [3.8, 4) is 0 Å². The van der Waals surface area contributed by atoms with E-state index in [0.29, 0.717) is 11.6 Å². The van der Waals surface area contributed by atoms with Crippen LogP contribution in [0, 0.1) is 11.8 Å². The van der Waals surface area contributed by atoms with E-state index in [4.69, 9.17) is 4.74 Å². The molecule has 2 bridgehead atoms. The second-order valence-corrected chi connectivity index (χ2v) is 5.81. The van der Waals surface area contributed by atoms with Gasteiger partial charge in [0.15, 0.2) is 0 Å². The van der Waals surface area contributed by atoms with Gasteiger partial charge in [-0.2, -0.15) is 0 Å². The minimum absolute atomic E-state index is 0.245. The Morgan fingerprint density at radius 3 is 2.84 bits per heavy atom. The van der Waals surface area contributed by atoms with Crippen molar-refractivity contribution in [1.29, 1.82) is 0 Å². The van der Waals surface area contributed by atoms with E-state index in [1.807, 2.05) is 24.3 Å². The van der Waals surface area contributed by atoms with E-state index in [-0.39, 0.29) is 5.97 Å². The molecule has 2 saturated carbocycles. The minimum atomic E-state index is -0.245. The topological polar surface area (TPSA) is 38.3 Å². The number of ether oxygens (including phenoxy) is 1. The Kier molecular flexibility index (Phi) is 3.56. The number of benzene rings is 1. The van der Waals surface area contributed by atoms with Crippen LogP contribution in [0.15, 0.2) is 24.3 Å². The molecule has 0 aromatic heterocycles. The Hall–Kier alpha value is -1.35. The van der Waals surface area contributed by atoms with E-state index >= 15 is 0 Å². The van der Waals surface area contributed by atoms with Gasteiger partial charge in [-0.3, -0.25) is 0 Å². The molecular weight excluding hydrogens is 238 g/mol. The molecule has 19 heavy (non-hydrogen) atoms. The second-order valence-electron chi connectivity index (χ2n) is 5.81. The molecule has 0 heterocycles. The van der Waals surface area contributed by atoms with Gasteiger partial charge in [-0.05, 0) is 42.7 Å². The van der Waals surface area contributed by atoms with E-state index in [0.717, 1.165) is 23.9 Å². The summed E-state index contributed by atoms with van der Waals surface area (Å²) in [5.74, 6) is 1.55. The Bertz CT molecular complexity index is 472. The molecule has 0 aliphatic heterocycles. The van der Waals surface area contributed by atoms with Crippen LogP contribution in [0.5, 0.6) is 0 Å². The largest absolute Gasteiger partial charge is 0.465 e. The van der Waals surface area contributed by atoms with Crippen LogP contribution in [-0.2, 0) is 11.3 Å². The van der Waals surface area contributed by atoms with Crippen LogP contribution in [0.2, 0.25) is 0 Å². The molecule has 3 rings (SSSR count). The summed E-state index contributed by atoms with van der Waals surface area (Å²) < 4.78 is 4.83. The number of esters is 1. The van der Waals surface area contributed by atoms with Gasteiger partial charge in [-0.15, -0.1) is 0 Å². The third-order valence-electron chi connectivity index (χ3n) is 4.72. The lowest BCUT2D eigenvalue weighted by Crippen LogP contribution is -2.33. The Morgan fingerprint density at radius 2 is 2.16 bits per heavy atom. The molecular formula is C16H21NO2. The summed E-state index contributed by atoms with van der Waals surface area (Å²) in [6, 6.07) is 8.35. The van der Waals surface area contributed by atoms with Gasteiger partial charge in [-0.25, -0.2) is 4.79 Å². The van der Waals surface area contributed by atoms with Gasteiger partial charge in [0.25, 0.3) is 0 Å². The highest BCUT2D eigenvalue weighted by molar-refractivity contribution is 5.90. The standard InChI is InChI=1S/C16H21NO2/c1-19-16(18)14-5-3-2-4-13(14)10-17-15-9-11-6-7-12(15)8-11/h2-5,11-12,15,17H,6-10H2,1H3. The first-order chi connectivity index (χ1) is 9.28. The molecule has 2 aliphatic carbocycles. The molecule has 0 spiro atoms. The predicted octanol–water partition coefficient (Wildman–Crippen LogP) is 2.75. The summed E-state index contributed by atoms with van der Waals surface area (Å²) in [5, 5.41) is 3.64. The molecule has 3 atom stereocenters. The number of hydrogen-bond acceptors (Lipinski definition) is 3. The average Bonchev–Trinajstić information content (AvgIpc) is 3.07. The maximum Gasteiger partial charge on any atom is 0.338 e. The SMILES string of the molecule is COC(=O)c1ccccc1CNC1CC2CCC1C2. The summed E-state index contributed by atoms with van der Waals surface area (Å²) >= 11 is 0. The molecule has 1 aromatic rings. The zero-order valence-electron chi connectivity index (χ0n) is 11.4. The third-order valence-corrected chi connectivity index (χ3v) is 4.72. The highest BCUT2D eigenvalue weighted by atomic mass is 16.5. The molecule has 0 radical (unpaired) electrons. The summed E-state index contributed by atoms with van der Waals surface area (Å²) in [5.41, 5.74) is 1.72. The predicted molar refractivity (Wildman–Crippen MR) is 73.9 cm³/mol. The van der Waals surface area contributed by atoms with Crippen molar-refractivity contribution in [3.05, 3.63) is 35.4 Å². The van der Waals surface area contributed by atoms with E-state index < -0.39 is 0 Å². The molecule has 3 nitrogen and oxygen atoms in total. The average molecular weight is 259 g/mol. The monoisotopic (exact) mass is 259 g/mol. The van der Waals surface area contributed by atoms with Gasteiger partial charge < -0.3 is 10.1 Å². The fourth-order valence-electron chi connectivity index (χ4n) is 3.72. The van der Waals surface area contributed by atoms with Crippen molar-refractivity contribution >= 4 is 5.97 Å². The lowest BCUT2D eigenvalue weighted by atomic mass is 9.95. The summed E-state index contributed by atoms with van der Waals surface area (Å²) in [6.07, 6.45) is 5.50. The second kappa shape index (κ2) is 5.33. The maximum atomic E-state index is 11.7. The molecule has 2 fully saturated rings. The van der Waals surface area contributed by atoms with Gasteiger partial charge in [0, 0.05) is 12.6 Å². The first-order valence-electron chi connectivity index (χ1n) is 7.17. The van der Waals surface area contributed by atoms with Crippen LogP contribution >= 0.6 is 0 Å². The van der Waals surface area contributed by atoms with Crippen LogP contribution in [0.3, 0.4) is 0 Å². The van der Waals surface area contributed by atoms with Crippen molar-refractivity contribution in [3.63, 3.8) is 0 Å². The van der Waals surface area contributed by atoms with E-state index in [1.165, 1.54) is 32.8 Å². The number of carbonyl (C=O) groups is 1. The third kappa shape index (κ3) is 2.52. The molecule has 0 amide bonds. The molecule has 2 aliphatic rings. The Labute approximate surface area is 114 Å². The number of methoxy groups -OCH3 is 1. The molecule has 0 saturated heterocycles. The van der Waals surface area contributed by atoms with E-state index in [2.05, 4.69) is 5.32 Å². The van der Waals surface area contributed by atoms with Gasteiger partial charge in [0.2, 0.25) is 0 Å². The smallest absolute Gasteiger partial charge is 0.338 e. The van der Waals surface area contributed by atoms with E-state index in [9.17, 15) is 4.79 Å². The van der Waals surface area contributed by atoms with Crippen molar-refractivity contribution in [1.82, 2.24) is 5.32 Å². The first-order valence-corrected chi connectivity index (χ1v) is 7.17. The Balaban J connectivity index is 1.65. The number of carbonyl (C=O) groups excluding carboxylic acids is 1. The molecule has 102 valence electrons. The lowest BCUT2D eigenvalue weighted by Gasteiger charge is -2.23. The number of rotatable bonds is 4. The van der Waals surface area contributed by atoms with Crippen LogP contribution in [0.1, 0.15) is 41.6 Å². The molecule has 1 aromatic carbocycles. The van der Waals surface area contributed by atoms with Crippen molar-refractivity contribution in [2.45, 2.75) is 38.3 Å². The van der Waals surface area contributed by atoms with Gasteiger partial charge in [-0.1, -0.05) is 24.6 Å². The Morgan fingerprint density at radius 1 is 1.32 bits per heavy atom. The number of nitrogens with one attached hydrogen (secondary N) is 1. The summed E-state index contributed by atoms with van der Waals surface area (Å²) in [7, 11) is 1.43. The van der Waals surface area contributed by atoms with E-state index in [1.54, 1.807) is 0 Å². The summed E-state index contributed by atoms with van der Waals surface area (Å²) in [6.45, 7) is 0.763. The molecule has 1 N–H and O–H groups in total.